The van der Waals surface area contributed by atoms with Gasteiger partial charge in [-0.3, -0.25) is 0 Å². The molecule has 0 aliphatic heterocycles. The molecule has 0 fully saturated rings. The fourth-order valence-corrected chi connectivity index (χ4v) is 1.20. The maximum absolute atomic E-state index is 12.8. The quantitative estimate of drug-likeness (QED) is 0.861. The van der Waals surface area contributed by atoms with Crippen LogP contribution in [0.5, 0.6) is 5.75 Å². The zero-order valence-corrected chi connectivity index (χ0v) is 9.00. The second-order valence-electron chi connectivity index (χ2n) is 2.78. The van der Waals surface area contributed by atoms with Crippen LogP contribution in [0.25, 0.3) is 0 Å². The first-order valence-electron chi connectivity index (χ1n) is 4.09. The van der Waals surface area contributed by atoms with E-state index in [4.69, 9.17) is 15.6 Å². The van der Waals surface area contributed by atoms with Gasteiger partial charge in [-0.05, 0) is 28.1 Å². The Morgan fingerprint density at radius 2 is 2.29 bits per heavy atom. The molecule has 0 saturated heterocycles. The van der Waals surface area contributed by atoms with Gasteiger partial charge < -0.3 is 15.6 Å². The first kappa shape index (κ1) is 11.4. The van der Waals surface area contributed by atoms with E-state index in [1.54, 1.807) is 6.07 Å². The van der Waals surface area contributed by atoms with Gasteiger partial charge in [0.15, 0.2) is 0 Å². The highest BCUT2D eigenvalue weighted by atomic mass is 79.9. The van der Waals surface area contributed by atoms with Gasteiger partial charge in [0.2, 0.25) is 0 Å². The van der Waals surface area contributed by atoms with Crippen LogP contribution in [0.4, 0.5) is 4.39 Å². The number of ether oxygens (including phenoxy) is 1. The van der Waals surface area contributed by atoms with Crippen molar-refractivity contribution in [3.63, 3.8) is 0 Å². The van der Waals surface area contributed by atoms with Crippen molar-refractivity contribution >= 4 is 15.9 Å². The topological polar surface area (TPSA) is 55.5 Å². The third kappa shape index (κ3) is 3.25. The Labute approximate surface area is 89.8 Å². The molecule has 78 valence electrons. The molecule has 0 aromatic heterocycles. The van der Waals surface area contributed by atoms with Gasteiger partial charge in [-0.1, -0.05) is 0 Å². The van der Waals surface area contributed by atoms with Crippen LogP contribution in [-0.2, 0) is 0 Å². The molecule has 1 atom stereocenters. The van der Waals surface area contributed by atoms with Crippen molar-refractivity contribution in [2.24, 2.45) is 5.73 Å². The van der Waals surface area contributed by atoms with E-state index in [2.05, 4.69) is 15.9 Å². The minimum atomic E-state index is -0.731. The molecule has 0 unspecified atom stereocenters. The highest BCUT2D eigenvalue weighted by Crippen LogP contribution is 2.25. The smallest absolute Gasteiger partial charge is 0.136 e. The largest absolute Gasteiger partial charge is 0.490 e. The lowest BCUT2D eigenvalue weighted by Crippen LogP contribution is -2.26. The van der Waals surface area contributed by atoms with Crippen LogP contribution in [0, 0.1) is 5.82 Å². The van der Waals surface area contributed by atoms with Crippen LogP contribution >= 0.6 is 15.9 Å². The molecular weight excluding hydrogens is 253 g/mol. The SMILES string of the molecule is NC[C@@H](O)COc1cc(F)ccc1Br. The third-order valence-electron chi connectivity index (χ3n) is 1.60. The molecule has 0 radical (unpaired) electrons. The summed E-state index contributed by atoms with van der Waals surface area (Å²) < 4.78 is 18.6. The highest BCUT2D eigenvalue weighted by Gasteiger charge is 2.06. The minimum absolute atomic E-state index is 0.0541. The molecule has 1 aromatic rings. The second-order valence-corrected chi connectivity index (χ2v) is 3.63. The molecule has 14 heavy (non-hydrogen) atoms. The molecule has 0 bridgehead atoms. The Bertz CT molecular complexity index is 309. The van der Waals surface area contributed by atoms with Crippen LogP contribution in [0.15, 0.2) is 22.7 Å². The molecule has 0 saturated carbocycles. The number of aliphatic hydroxyl groups is 1. The molecule has 1 aromatic carbocycles. The van der Waals surface area contributed by atoms with Crippen molar-refractivity contribution in [1.82, 2.24) is 0 Å². The van der Waals surface area contributed by atoms with Crippen molar-refractivity contribution < 1.29 is 14.2 Å². The van der Waals surface area contributed by atoms with Gasteiger partial charge in [0, 0.05) is 12.6 Å². The van der Waals surface area contributed by atoms with Crippen molar-refractivity contribution in [2.75, 3.05) is 13.2 Å². The van der Waals surface area contributed by atoms with Crippen LogP contribution in [-0.4, -0.2) is 24.4 Å². The lowest BCUT2D eigenvalue weighted by atomic mass is 10.3. The number of hydrogen-bond donors (Lipinski definition) is 2. The van der Waals surface area contributed by atoms with Gasteiger partial charge in [-0.25, -0.2) is 4.39 Å². The van der Waals surface area contributed by atoms with E-state index in [0.717, 1.165) is 0 Å². The number of nitrogens with two attached hydrogens (primary N) is 1. The number of halogens is 2. The lowest BCUT2D eigenvalue weighted by molar-refractivity contribution is 0.113. The molecule has 3 nitrogen and oxygen atoms in total. The predicted molar refractivity (Wildman–Crippen MR) is 54.7 cm³/mol. The fourth-order valence-electron chi connectivity index (χ4n) is 0.842. The van der Waals surface area contributed by atoms with E-state index in [1.165, 1.54) is 12.1 Å². The molecule has 1 rings (SSSR count). The van der Waals surface area contributed by atoms with E-state index in [0.29, 0.717) is 10.2 Å². The van der Waals surface area contributed by atoms with Crippen LogP contribution in [0.1, 0.15) is 0 Å². The number of hydrogen-bond acceptors (Lipinski definition) is 3. The third-order valence-corrected chi connectivity index (χ3v) is 2.25. The van der Waals surface area contributed by atoms with Gasteiger partial charge >= 0.3 is 0 Å². The Hall–Kier alpha value is -0.650. The Morgan fingerprint density at radius 1 is 1.57 bits per heavy atom. The molecule has 0 aliphatic rings. The summed E-state index contributed by atoms with van der Waals surface area (Å²) in [5.41, 5.74) is 5.19. The molecule has 3 N–H and O–H groups in total. The first-order chi connectivity index (χ1) is 6.63. The standard InChI is InChI=1S/C9H11BrFNO2/c10-8-2-1-6(11)3-9(8)14-5-7(13)4-12/h1-3,7,13H,4-5,12H2/t7-/m1/s1. The summed E-state index contributed by atoms with van der Waals surface area (Å²) in [5, 5.41) is 9.12. The molecular formula is C9H11BrFNO2. The van der Waals surface area contributed by atoms with Gasteiger partial charge in [-0.2, -0.15) is 0 Å². The van der Waals surface area contributed by atoms with Crippen molar-refractivity contribution in [1.29, 1.82) is 0 Å². The first-order valence-corrected chi connectivity index (χ1v) is 4.88. The molecule has 0 amide bonds. The van der Waals surface area contributed by atoms with Gasteiger partial charge in [0.1, 0.15) is 24.3 Å². The fraction of sp³-hybridized carbons (Fsp3) is 0.333. The summed E-state index contributed by atoms with van der Waals surface area (Å²) in [7, 11) is 0. The minimum Gasteiger partial charge on any atom is -0.490 e. The van der Waals surface area contributed by atoms with Crippen LogP contribution in [0.3, 0.4) is 0 Å². The molecule has 0 heterocycles. The van der Waals surface area contributed by atoms with Crippen molar-refractivity contribution in [3.05, 3.63) is 28.5 Å². The number of rotatable bonds is 4. The normalized spacial score (nSPS) is 12.6. The summed E-state index contributed by atoms with van der Waals surface area (Å²) in [4.78, 5) is 0. The predicted octanol–water partition coefficient (Wildman–Crippen LogP) is 1.29. The summed E-state index contributed by atoms with van der Waals surface area (Å²) >= 11 is 3.20. The van der Waals surface area contributed by atoms with Crippen LogP contribution in [0.2, 0.25) is 0 Å². The number of aliphatic hydroxyl groups excluding tert-OH is 1. The van der Waals surface area contributed by atoms with Crippen molar-refractivity contribution in [2.45, 2.75) is 6.10 Å². The monoisotopic (exact) mass is 263 g/mol. The Balaban J connectivity index is 2.62. The molecule has 5 heteroatoms. The van der Waals surface area contributed by atoms with E-state index in [1.807, 2.05) is 0 Å². The zero-order valence-electron chi connectivity index (χ0n) is 7.41. The maximum atomic E-state index is 12.8. The molecule has 0 spiro atoms. The Kier molecular flexibility index (Phi) is 4.31. The zero-order chi connectivity index (χ0) is 10.6. The Morgan fingerprint density at radius 3 is 2.93 bits per heavy atom. The average molecular weight is 264 g/mol. The van der Waals surface area contributed by atoms with Crippen LogP contribution < -0.4 is 10.5 Å². The summed E-state index contributed by atoms with van der Waals surface area (Å²) in [6.07, 6.45) is -0.731. The van der Waals surface area contributed by atoms with E-state index in [9.17, 15) is 4.39 Å². The maximum Gasteiger partial charge on any atom is 0.136 e. The molecule has 0 aliphatic carbocycles. The average Bonchev–Trinajstić information content (AvgIpc) is 2.19. The van der Waals surface area contributed by atoms with Gasteiger partial charge in [-0.15, -0.1) is 0 Å². The van der Waals surface area contributed by atoms with E-state index >= 15 is 0 Å². The summed E-state index contributed by atoms with van der Waals surface area (Å²) in [6.45, 7) is 0.172. The highest BCUT2D eigenvalue weighted by molar-refractivity contribution is 9.10. The van der Waals surface area contributed by atoms with Crippen molar-refractivity contribution in [3.8, 4) is 5.75 Å². The summed E-state index contributed by atoms with van der Waals surface area (Å²) in [5.74, 6) is -0.0251. The van der Waals surface area contributed by atoms with Gasteiger partial charge in [0.25, 0.3) is 0 Å². The van der Waals surface area contributed by atoms with Gasteiger partial charge in [0.05, 0.1) is 4.47 Å². The lowest BCUT2D eigenvalue weighted by Gasteiger charge is -2.11. The summed E-state index contributed by atoms with van der Waals surface area (Å²) in [6, 6.07) is 4.10. The number of benzene rings is 1. The second kappa shape index (κ2) is 5.29. The van der Waals surface area contributed by atoms with E-state index in [-0.39, 0.29) is 19.0 Å². The van der Waals surface area contributed by atoms with E-state index < -0.39 is 6.10 Å².